The molecular formula is C19H24N4O3. The molecule has 1 aromatic carbocycles. The number of aromatic nitrogens is 1. The number of H-pyrrole nitrogens is 1. The summed E-state index contributed by atoms with van der Waals surface area (Å²) in [5, 5.41) is 9.40. The minimum atomic E-state index is -0.639. The Morgan fingerprint density at radius 1 is 1.23 bits per heavy atom. The topological polar surface area (TPSA) is 103 Å². The number of hydrogen-bond donors (Lipinski definition) is 4. The third-order valence-corrected chi connectivity index (χ3v) is 4.40. The fourth-order valence-corrected chi connectivity index (χ4v) is 2.88. The molecule has 0 radical (unpaired) electrons. The van der Waals surface area contributed by atoms with Crippen molar-refractivity contribution in [3.63, 3.8) is 0 Å². The molecule has 1 aliphatic rings. The zero-order valence-corrected chi connectivity index (χ0v) is 14.8. The smallest absolute Gasteiger partial charge is 0.243 e. The van der Waals surface area contributed by atoms with Gasteiger partial charge in [0.15, 0.2) is 0 Å². The van der Waals surface area contributed by atoms with Crippen molar-refractivity contribution >= 4 is 28.6 Å². The summed E-state index contributed by atoms with van der Waals surface area (Å²) >= 11 is 0. The number of benzene rings is 1. The Bertz CT molecular complexity index is 810. The normalized spacial score (nSPS) is 14.7. The van der Waals surface area contributed by atoms with Gasteiger partial charge in [0.1, 0.15) is 6.04 Å². The first-order chi connectivity index (χ1) is 12.5. The number of nitrogens with one attached hydrogen (secondary N) is 4. The molecule has 2 aromatic rings. The van der Waals surface area contributed by atoms with Gasteiger partial charge in [-0.05, 0) is 24.5 Å². The predicted octanol–water partition coefficient (Wildman–Crippen LogP) is 1.00. The van der Waals surface area contributed by atoms with Crippen molar-refractivity contribution in [3.8, 4) is 0 Å². The highest BCUT2D eigenvalue weighted by atomic mass is 16.2. The number of aromatic amines is 1. The van der Waals surface area contributed by atoms with E-state index in [9.17, 15) is 14.4 Å². The van der Waals surface area contributed by atoms with E-state index in [2.05, 4.69) is 20.9 Å². The van der Waals surface area contributed by atoms with Gasteiger partial charge in [-0.2, -0.15) is 0 Å². The lowest BCUT2D eigenvalue weighted by molar-refractivity contribution is -0.129. The van der Waals surface area contributed by atoms with Crippen molar-refractivity contribution in [3.05, 3.63) is 36.0 Å². The molecule has 4 N–H and O–H groups in total. The van der Waals surface area contributed by atoms with Crippen LogP contribution in [0.4, 0.5) is 0 Å². The second-order valence-electron chi connectivity index (χ2n) is 6.70. The summed E-state index contributed by atoms with van der Waals surface area (Å²) in [6.07, 6.45) is 4.41. The summed E-state index contributed by atoms with van der Waals surface area (Å²) in [6, 6.07) is 7.46. The fraction of sp³-hybridized carbons (Fsp3) is 0.421. The van der Waals surface area contributed by atoms with E-state index in [-0.39, 0.29) is 36.7 Å². The number of rotatable bonds is 8. The average Bonchev–Trinajstić information content (AvgIpc) is 3.32. The first-order valence-corrected chi connectivity index (χ1v) is 8.92. The van der Waals surface area contributed by atoms with Crippen LogP contribution in [-0.4, -0.2) is 41.3 Å². The van der Waals surface area contributed by atoms with Crippen LogP contribution in [0, 0.1) is 0 Å². The summed E-state index contributed by atoms with van der Waals surface area (Å²) < 4.78 is 0. The highest BCUT2D eigenvalue weighted by Gasteiger charge is 2.29. The minimum absolute atomic E-state index is 0.140. The lowest BCUT2D eigenvalue weighted by Gasteiger charge is -2.18. The van der Waals surface area contributed by atoms with Crippen molar-refractivity contribution in [2.75, 3.05) is 6.54 Å². The van der Waals surface area contributed by atoms with Crippen LogP contribution < -0.4 is 16.0 Å². The first kappa shape index (κ1) is 18.0. The van der Waals surface area contributed by atoms with E-state index >= 15 is 0 Å². The molecule has 1 aromatic heterocycles. The molecule has 1 aliphatic carbocycles. The van der Waals surface area contributed by atoms with Crippen LogP contribution >= 0.6 is 0 Å². The zero-order chi connectivity index (χ0) is 18.5. The van der Waals surface area contributed by atoms with Crippen LogP contribution in [0.3, 0.4) is 0 Å². The Morgan fingerprint density at radius 2 is 2.00 bits per heavy atom. The summed E-state index contributed by atoms with van der Waals surface area (Å²) in [7, 11) is 0. The summed E-state index contributed by atoms with van der Waals surface area (Å²) in [6.45, 7) is 1.66. The number of amides is 3. The average molecular weight is 356 g/mol. The van der Waals surface area contributed by atoms with Crippen LogP contribution in [0.5, 0.6) is 0 Å². The lowest BCUT2D eigenvalue weighted by atomic mass is 10.0. The predicted molar refractivity (Wildman–Crippen MR) is 98.4 cm³/mol. The first-order valence-electron chi connectivity index (χ1n) is 8.92. The van der Waals surface area contributed by atoms with Crippen molar-refractivity contribution in [2.45, 2.75) is 44.7 Å². The molecule has 26 heavy (non-hydrogen) atoms. The molecule has 0 saturated heterocycles. The maximum absolute atomic E-state index is 12.6. The van der Waals surface area contributed by atoms with Crippen molar-refractivity contribution in [1.29, 1.82) is 0 Å². The molecule has 1 heterocycles. The summed E-state index contributed by atoms with van der Waals surface area (Å²) in [5.41, 5.74) is 1.99. The van der Waals surface area contributed by atoms with E-state index in [1.165, 1.54) is 6.92 Å². The molecule has 0 spiro atoms. The van der Waals surface area contributed by atoms with Crippen LogP contribution in [-0.2, 0) is 20.8 Å². The SMILES string of the molecule is CC(=O)NCCC(=O)NC(Cc1c[nH]c2ccccc12)C(=O)NC1CC1. The zero-order valence-electron chi connectivity index (χ0n) is 14.8. The molecule has 0 aliphatic heterocycles. The molecule has 3 rings (SSSR count). The number of carbonyl (C=O) groups excluding carboxylic acids is 3. The third-order valence-electron chi connectivity index (χ3n) is 4.40. The maximum atomic E-state index is 12.6. The molecule has 138 valence electrons. The van der Waals surface area contributed by atoms with Crippen LogP contribution in [0.15, 0.2) is 30.5 Å². The molecule has 0 bridgehead atoms. The molecule has 1 unspecified atom stereocenters. The van der Waals surface area contributed by atoms with Gasteiger partial charge >= 0.3 is 0 Å². The van der Waals surface area contributed by atoms with Gasteiger partial charge in [-0.3, -0.25) is 14.4 Å². The van der Waals surface area contributed by atoms with E-state index < -0.39 is 6.04 Å². The maximum Gasteiger partial charge on any atom is 0.243 e. The van der Waals surface area contributed by atoms with Crippen LogP contribution in [0.2, 0.25) is 0 Å². The Balaban J connectivity index is 1.67. The summed E-state index contributed by atoms with van der Waals surface area (Å²) in [5.74, 6) is -0.597. The Labute approximate surface area is 151 Å². The van der Waals surface area contributed by atoms with E-state index in [1.807, 2.05) is 30.5 Å². The molecule has 3 amide bonds. The monoisotopic (exact) mass is 356 g/mol. The molecule has 7 nitrogen and oxygen atoms in total. The van der Waals surface area contributed by atoms with Gasteiger partial charge in [0, 0.05) is 49.5 Å². The van der Waals surface area contributed by atoms with E-state index in [0.717, 1.165) is 29.3 Å². The van der Waals surface area contributed by atoms with Crippen LogP contribution in [0.25, 0.3) is 10.9 Å². The van der Waals surface area contributed by atoms with Gasteiger partial charge in [-0.25, -0.2) is 0 Å². The van der Waals surface area contributed by atoms with Gasteiger partial charge in [0.05, 0.1) is 0 Å². The molecule has 1 fully saturated rings. The minimum Gasteiger partial charge on any atom is -0.361 e. The molecule has 1 saturated carbocycles. The van der Waals surface area contributed by atoms with Crippen molar-refractivity contribution in [1.82, 2.24) is 20.9 Å². The second-order valence-corrected chi connectivity index (χ2v) is 6.70. The number of hydrogen-bond acceptors (Lipinski definition) is 3. The second kappa shape index (κ2) is 8.03. The molecular weight excluding hydrogens is 332 g/mol. The van der Waals surface area contributed by atoms with Gasteiger partial charge in [0.2, 0.25) is 17.7 Å². The van der Waals surface area contributed by atoms with E-state index in [1.54, 1.807) is 0 Å². The van der Waals surface area contributed by atoms with Crippen molar-refractivity contribution in [2.24, 2.45) is 0 Å². The lowest BCUT2D eigenvalue weighted by Crippen LogP contribution is -2.49. The van der Waals surface area contributed by atoms with Crippen LogP contribution in [0.1, 0.15) is 31.7 Å². The third kappa shape index (κ3) is 4.84. The molecule has 1 atom stereocenters. The Kier molecular flexibility index (Phi) is 5.55. The number of fused-ring (bicyclic) bond motifs is 1. The quantitative estimate of drug-likeness (QED) is 0.567. The summed E-state index contributed by atoms with van der Waals surface area (Å²) in [4.78, 5) is 38.9. The molecule has 7 heteroatoms. The number of carbonyl (C=O) groups is 3. The highest BCUT2D eigenvalue weighted by molar-refractivity contribution is 5.90. The van der Waals surface area contributed by atoms with E-state index in [0.29, 0.717) is 6.42 Å². The highest BCUT2D eigenvalue weighted by Crippen LogP contribution is 2.21. The Hall–Kier alpha value is -2.83. The van der Waals surface area contributed by atoms with Gasteiger partial charge in [-0.1, -0.05) is 18.2 Å². The van der Waals surface area contributed by atoms with Gasteiger partial charge in [-0.15, -0.1) is 0 Å². The van der Waals surface area contributed by atoms with Gasteiger partial charge in [0.25, 0.3) is 0 Å². The van der Waals surface area contributed by atoms with Gasteiger partial charge < -0.3 is 20.9 Å². The van der Waals surface area contributed by atoms with Crippen molar-refractivity contribution < 1.29 is 14.4 Å². The standard InChI is InChI=1S/C19H24N4O3/c1-12(24)20-9-8-18(25)23-17(19(26)22-14-6-7-14)10-13-11-21-16-5-3-2-4-15(13)16/h2-5,11,14,17,21H,6-10H2,1H3,(H,20,24)(H,22,26)(H,23,25). The fourth-order valence-electron chi connectivity index (χ4n) is 2.88. The largest absolute Gasteiger partial charge is 0.361 e. The van der Waals surface area contributed by atoms with E-state index in [4.69, 9.17) is 0 Å². The number of para-hydroxylation sites is 1. The Morgan fingerprint density at radius 3 is 2.73 bits per heavy atom.